The Kier molecular flexibility index (Phi) is 5.55. The number of rotatable bonds is 6. The second kappa shape index (κ2) is 6.71. The predicted molar refractivity (Wildman–Crippen MR) is 78.0 cm³/mol. The molecule has 19 heavy (non-hydrogen) atoms. The monoisotopic (exact) mass is 263 g/mol. The normalized spacial score (nSPS) is 14.2. The lowest BCUT2D eigenvalue weighted by Crippen LogP contribution is -2.50. The van der Waals surface area contributed by atoms with E-state index in [1.807, 2.05) is 38.1 Å². The third-order valence-corrected chi connectivity index (χ3v) is 3.42. The first-order chi connectivity index (χ1) is 8.96. The van der Waals surface area contributed by atoms with Gasteiger partial charge in [-0.2, -0.15) is 0 Å². The summed E-state index contributed by atoms with van der Waals surface area (Å²) in [6.07, 6.45) is 0.662. The van der Waals surface area contributed by atoms with Crippen LogP contribution in [0.15, 0.2) is 24.3 Å². The predicted octanol–water partition coefficient (Wildman–Crippen LogP) is 3.02. The number of carbonyl (C=O) groups excluding carboxylic acids is 1. The van der Waals surface area contributed by atoms with Gasteiger partial charge in [-0.1, -0.05) is 50.6 Å². The van der Waals surface area contributed by atoms with E-state index in [2.05, 4.69) is 19.2 Å². The van der Waals surface area contributed by atoms with Crippen LogP contribution in [-0.4, -0.2) is 19.6 Å². The molecule has 0 heterocycles. The Labute approximate surface area is 116 Å². The number of benzene rings is 1. The molecule has 1 aromatic rings. The first-order valence-electron chi connectivity index (χ1n) is 6.87. The van der Waals surface area contributed by atoms with Crippen LogP contribution in [0.4, 0.5) is 0 Å². The van der Waals surface area contributed by atoms with Crippen molar-refractivity contribution in [1.82, 2.24) is 5.32 Å². The summed E-state index contributed by atoms with van der Waals surface area (Å²) in [5, 5.41) is 3.39. The summed E-state index contributed by atoms with van der Waals surface area (Å²) in [7, 11) is 1.44. The molecule has 0 radical (unpaired) electrons. The summed E-state index contributed by atoms with van der Waals surface area (Å²) in [5.74, 6) is 0.250. The van der Waals surface area contributed by atoms with Crippen molar-refractivity contribution in [2.45, 2.75) is 39.7 Å². The van der Waals surface area contributed by atoms with Crippen molar-refractivity contribution in [3.8, 4) is 0 Å². The van der Waals surface area contributed by atoms with Crippen LogP contribution in [0.25, 0.3) is 0 Å². The molecule has 3 heteroatoms. The number of carbonyl (C=O) groups is 1. The standard InChI is InChI=1S/C16H25NO2/c1-6-16(15(18)19-5,17-11-12(2)3)14-9-7-13(4)8-10-14/h7-10,12,17H,6,11H2,1-5H3. The third-order valence-electron chi connectivity index (χ3n) is 3.42. The maximum atomic E-state index is 12.3. The zero-order valence-electron chi connectivity index (χ0n) is 12.6. The molecule has 1 atom stereocenters. The van der Waals surface area contributed by atoms with E-state index < -0.39 is 5.54 Å². The van der Waals surface area contributed by atoms with Gasteiger partial charge in [0.05, 0.1) is 7.11 Å². The minimum atomic E-state index is -0.743. The SMILES string of the molecule is CCC(NCC(C)C)(C(=O)OC)c1ccc(C)cc1. The Morgan fingerprint density at radius 2 is 1.89 bits per heavy atom. The van der Waals surface area contributed by atoms with Crippen LogP contribution in [0.2, 0.25) is 0 Å². The minimum Gasteiger partial charge on any atom is -0.467 e. The molecule has 0 aliphatic heterocycles. The molecule has 1 unspecified atom stereocenters. The van der Waals surface area contributed by atoms with Gasteiger partial charge in [-0.05, 0) is 31.4 Å². The molecule has 0 saturated heterocycles. The van der Waals surface area contributed by atoms with Crippen LogP contribution in [-0.2, 0) is 15.1 Å². The number of nitrogens with one attached hydrogen (secondary N) is 1. The maximum absolute atomic E-state index is 12.3. The van der Waals surface area contributed by atoms with Gasteiger partial charge in [-0.25, -0.2) is 4.79 Å². The van der Waals surface area contributed by atoms with Gasteiger partial charge < -0.3 is 4.74 Å². The van der Waals surface area contributed by atoms with Crippen molar-refractivity contribution < 1.29 is 9.53 Å². The fraction of sp³-hybridized carbons (Fsp3) is 0.562. The van der Waals surface area contributed by atoms with Gasteiger partial charge in [0.1, 0.15) is 5.54 Å². The van der Waals surface area contributed by atoms with E-state index in [0.29, 0.717) is 12.3 Å². The van der Waals surface area contributed by atoms with Gasteiger partial charge in [0.2, 0.25) is 0 Å². The molecule has 0 aliphatic rings. The first-order valence-corrected chi connectivity index (χ1v) is 6.87. The second-order valence-electron chi connectivity index (χ2n) is 5.39. The molecule has 106 valence electrons. The van der Waals surface area contributed by atoms with Crippen molar-refractivity contribution in [1.29, 1.82) is 0 Å². The summed E-state index contributed by atoms with van der Waals surface area (Å²) in [5.41, 5.74) is 1.41. The van der Waals surface area contributed by atoms with Gasteiger partial charge in [-0.15, -0.1) is 0 Å². The lowest BCUT2D eigenvalue weighted by Gasteiger charge is -2.32. The van der Waals surface area contributed by atoms with Gasteiger partial charge in [0.25, 0.3) is 0 Å². The Morgan fingerprint density at radius 1 is 1.32 bits per heavy atom. The number of aryl methyl sites for hydroxylation is 1. The van der Waals surface area contributed by atoms with E-state index in [-0.39, 0.29) is 5.97 Å². The largest absolute Gasteiger partial charge is 0.467 e. The molecular weight excluding hydrogens is 238 g/mol. The molecule has 0 aromatic heterocycles. The molecule has 0 spiro atoms. The van der Waals surface area contributed by atoms with E-state index in [0.717, 1.165) is 12.1 Å². The Hall–Kier alpha value is -1.35. The average Bonchev–Trinajstić information content (AvgIpc) is 2.41. The van der Waals surface area contributed by atoms with Crippen molar-refractivity contribution in [2.75, 3.05) is 13.7 Å². The molecule has 0 saturated carbocycles. The minimum absolute atomic E-state index is 0.223. The number of methoxy groups -OCH3 is 1. The highest BCUT2D eigenvalue weighted by molar-refractivity contribution is 5.82. The van der Waals surface area contributed by atoms with Gasteiger partial charge in [0, 0.05) is 0 Å². The van der Waals surface area contributed by atoms with Crippen LogP contribution in [0.3, 0.4) is 0 Å². The van der Waals surface area contributed by atoms with Gasteiger partial charge in [0.15, 0.2) is 0 Å². The Morgan fingerprint density at radius 3 is 2.32 bits per heavy atom. The Bertz CT molecular complexity index is 411. The topological polar surface area (TPSA) is 38.3 Å². The van der Waals surface area contributed by atoms with E-state index in [1.165, 1.54) is 12.7 Å². The summed E-state index contributed by atoms with van der Waals surface area (Å²) < 4.78 is 5.02. The zero-order chi connectivity index (χ0) is 14.5. The van der Waals surface area contributed by atoms with Crippen molar-refractivity contribution in [3.63, 3.8) is 0 Å². The number of hydrogen-bond acceptors (Lipinski definition) is 3. The quantitative estimate of drug-likeness (QED) is 0.802. The van der Waals surface area contributed by atoms with Crippen LogP contribution in [0.1, 0.15) is 38.3 Å². The highest BCUT2D eigenvalue weighted by atomic mass is 16.5. The molecule has 1 N–H and O–H groups in total. The maximum Gasteiger partial charge on any atom is 0.330 e. The van der Waals surface area contributed by atoms with Crippen molar-refractivity contribution in [3.05, 3.63) is 35.4 Å². The van der Waals surface area contributed by atoms with Crippen molar-refractivity contribution in [2.24, 2.45) is 5.92 Å². The number of esters is 1. The van der Waals surface area contributed by atoms with E-state index in [9.17, 15) is 4.79 Å². The molecule has 3 nitrogen and oxygen atoms in total. The molecule has 0 amide bonds. The van der Waals surface area contributed by atoms with E-state index in [1.54, 1.807) is 0 Å². The number of ether oxygens (including phenoxy) is 1. The van der Waals surface area contributed by atoms with E-state index >= 15 is 0 Å². The molecule has 1 aromatic carbocycles. The first kappa shape index (κ1) is 15.7. The molecule has 0 fully saturated rings. The summed E-state index contributed by atoms with van der Waals surface area (Å²) in [6.45, 7) is 9.07. The summed E-state index contributed by atoms with van der Waals surface area (Å²) >= 11 is 0. The third kappa shape index (κ3) is 3.57. The second-order valence-corrected chi connectivity index (χ2v) is 5.39. The van der Waals surface area contributed by atoms with Crippen LogP contribution in [0, 0.1) is 12.8 Å². The molecule has 0 aliphatic carbocycles. The van der Waals surface area contributed by atoms with Crippen LogP contribution >= 0.6 is 0 Å². The smallest absolute Gasteiger partial charge is 0.330 e. The van der Waals surface area contributed by atoms with Crippen LogP contribution in [0.5, 0.6) is 0 Å². The summed E-state index contributed by atoms with van der Waals surface area (Å²) in [4.78, 5) is 12.3. The highest BCUT2D eigenvalue weighted by Crippen LogP contribution is 2.27. The fourth-order valence-corrected chi connectivity index (χ4v) is 2.16. The fourth-order valence-electron chi connectivity index (χ4n) is 2.16. The lowest BCUT2D eigenvalue weighted by atomic mass is 9.86. The van der Waals surface area contributed by atoms with Gasteiger partial charge in [-0.3, -0.25) is 5.32 Å². The lowest BCUT2D eigenvalue weighted by molar-refractivity contribution is -0.149. The van der Waals surface area contributed by atoms with Crippen molar-refractivity contribution >= 4 is 5.97 Å². The number of hydrogen-bond donors (Lipinski definition) is 1. The molecule has 1 rings (SSSR count). The Balaban J connectivity index is 3.15. The highest BCUT2D eigenvalue weighted by Gasteiger charge is 2.39. The zero-order valence-corrected chi connectivity index (χ0v) is 12.6. The van der Waals surface area contributed by atoms with E-state index in [4.69, 9.17) is 4.74 Å². The van der Waals surface area contributed by atoms with Crippen LogP contribution < -0.4 is 5.32 Å². The van der Waals surface area contributed by atoms with Gasteiger partial charge >= 0.3 is 5.97 Å². The summed E-state index contributed by atoms with van der Waals surface area (Å²) in [6, 6.07) is 8.06. The molecule has 0 bridgehead atoms. The average molecular weight is 263 g/mol. The molecular formula is C16H25NO2.